The molecule has 2 nitrogen and oxygen atoms in total. The summed E-state index contributed by atoms with van der Waals surface area (Å²) in [4.78, 5) is 13.9. The fourth-order valence-electron chi connectivity index (χ4n) is 1.56. The van der Waals surface area contributed by atoms with Crippen LogP contribution in [0.2, 0.25) is 0 Å². The number of carbonyl (C=O) groups is 1. The molecule has 0 spiro atoms. The van der Waals surface area contributed by atoms with Gasteiger partial charge in [0.2, 0.25) is 0 Å². The minimum absolute atomic E-state index is 0.00429. The molecule has 1 aromatic carbocycles. The number of Topliss-reactive ketones (excluding diaryl/α,β-unsaturated/α-hetero) is 1. The molecule has 1 unspecified atom stereocenters. The standard InChI is InChI=1S/C9H8ClNO/c10-11-8-5-9(12)7-4-2-1-3-6(7)8/h1-4,8,11H,5H2. The van der Waals surface area contributed by atoms with Crippen LogP contribution in [0.15, 0.2) is 24.3 Å². The highest BCUT2D eigenvalue weighted by Crippen LogP contribution is 2.30. The van der Waals surface area contributed by atoms with E-state index in [0.717, 1.165) is 11.1 Å². The quantitative estimate of drug-likeness (QED) is 0.672. The van der Waals surface area contributed by atoms with Crippen molar-refractivity contribution in [1.29, 1.82) is 0 Å². The molecule has 0 aliphatic heterocycles. The minimum Gasteiger partial charge on any atom is -0.294 e. The van der Waals surface area contributed by atoms with Gasteiger partial charge in [0, 0.05) is 12.0 Å². The van der Waals surface area contributed by atoms with E-state index < -0.39 is 0 Å². The molecule has 1 aliphatic carbocycles. The van der Waals surface area contributed by atoms with Gasteiger partial charge in [0.25, 0.3) is 0 Å². The van der Waals surface area contributed by atoms with Gasteiger partial charge in [0.15, 0.2) is 5.78 Å². The zero-order valence-corrected chi connectivity index (χ0v) is 7.14. The molecule has 1 aliphatic rings. The molecule has 2 rings (SSSR count). The van der Waals surface area contributed by atoms with Crippen LogP contribution in [0.5, 0.6) is 0 Å². The molecule has 0 amide bonds. The van der Waals surface area contributed by atoms with Gasteiger partial charge in [-0.3, -0.25) is 4.79 Å². The molecule has 0 saturated carbocycles. The molecule has 3 heteroatoms. The van der Waals surface area contributed by atoms with E-state index in [-0.39, 0.29) is 11.8 Å². The average Bonchev–Trinajstić information content (AvgIpc) is 2.44. The molecule has 12 heavy (non-hydrogen) atoms. The van der Waals surface area contributed by atoms with Crippen LogP contribution in [0.4, 0.5) is 0 Å². The van der Waals surface area contributed by atoms with Gasteiger partial charge in [-0.2, -0.15) is 0 Å². The van der Waals surface area contributed by atoms with E-state index in [4.69, 9.17) is 11.8 Å². The molecule has 0 bridgehead atoms. The summed E-state index contributed by atoms with van der Waals surface area (Å²) in [6, 6.07) is 7.55. The van der Waals surface area contributed by atoms with Crippen LogP contribution in [0.25, 0.3) is 0 Å². The van der Waals surface area contributed by atoms with E-state index >= 15 is 0 Å². The lowest BCUT2D eigenvalue weighted by atomic mass is 10.1. The monoisotopic (exact) mass is 181 g/mol. The van der Waals surface area contributed by atoms with Crippen molar-refractivity contribution >= 4 is 17.6 Å². The van der Waals surface area contributed by atoms with Gasteiger partial charge in [0.1, 0.15) is 0 Å². The van der Waals surface area contributed by atoms with Crippen molar-refractivity contribution < 1.29 is 4.79 Å². The fourth-order valence-corrected chi connectivity index (χ4v) is 1.75. The largest absolute Gasteiger partial charge is 0.294 e. The Balaban J connectivity index is 2.50. The smallest absolute Gasteiger partial charge is 0.165 e. The second-order valence-corrected chi connectivity index (χ2v) is 3.09. The first-order valence-electron chi connectivity index (χ1n) is 3.81. The van der Waals surface area contributed by atoms with Crippen LogP contribution in [-0.2, 0) is 0 Å². The maximum atomic E-state index is 11.3. The number of nitrogens with one attached hydrogen (secondary N) is 1. The zero-order valence-electron chi connectivity index (χ0n) is 6.38. The highest BCUT2D eigenvalue weighted by molar-refractivity contribution is 6.14. The second kappa shape index (κ2) is 2.88. The van der Waals surface area contributed by atoms with E-state index in [9.17, 15) is 4.79 Å². The van der Waals surface area contributed by atoms with E-state index in [1.807, 2.05) is 24.3 Å². The van der Waals surface area contributed by atoms with Crippen LogP contribution in [0, 0.1) is 0 Å². The summed E-state index contributed by atoms with van der Waals surface area (Å²) in [6.07, 6.45) is 0.475. The first-order valence-corrected chi connectivity index (χ1v) is 4.19. The first-order chi connectivity index (χ1) is 5.83. The van der Waals surface area contributed by atoms with Gasteiger partial charge in [-0.05, 0) is 17.3 Å². The Labute approximate surface area is 75.6 Å². The molecule has 1 N–H and O–H groups in total. The number of halogens is 1. The number of ketones is 1. The van der Waals surface area contributed by atoms with Crippen molar-refractivity contribution in [2.24, 2.45) is 0 Å². The summed E-state index contributed by atoms with van der Waals surface area (Å²) in [5.74, 6) is 0.170. The van der Waals surface area contributed by atoms with Crippen LogP contribution in [0.3, 0.4) is 0 Å². The summed E-state index contributed by atoms with van der Waals surface area (Å²) in [5.41, 5.74) is 1.81. The molecule has 0 saturated heterocycles. The Bertz CT molecular complexity index is 324. The van der Waals surface area contributed by atoms with Crippen molar-refractivity contribution in [2.75, 3.05) is 0 Å². The summed E-state index contributed by atoms with van der Waals surface area (Å²) >= 11 is 5.50. The maximum Gasteiger partial charge on any atom is 0.165 e. The predicted octanol–water partition coefficient (Wildman–Crippen LogP) is 2.06. The highest BCUT2D eigenvalue weighted by atomic mass is 35.5. The lowest BCUT2D eigenvalue weighted by Gasteiger charge is -2.05. The third kappa shape index (κ3) is 1.04. The molecular formula is C9H8ClNO. The first kappa shape index (κ1) is 7.77. The van der Waals surface area contributed by atoms with E-state index in [1.165, 1.54) is 0 Å². The van der Waals surface area contributed by atoms with E-state index in [2.05, 4.69) is 4.84 Å². The summed E-state index contributed by atoms with van der Waals surface area (Å²) in [6.45, 7) is 0. The lowest BCUT2D eigenvalue weighted by molar-refractivity contribution is 0.0988. The molecular weight excluding hydrogens is 174 g/mol. The van der Waals surface area contributed by atoms with Crippen LogP contribution in [-0.4, -0.2) is 5.78 Å². The number of hydrogen-bond donors (Lipinski definition) is 1. The Morgan fingerprint density at radius 3 is 2.92 bits per heavy atom. The molecule has 0 aromatic heterocycles. The van der Waals surface area contributed by atoms with Crippen molar-refractivity contribution in [2.45, 2.75) is 12.5 Å². The zero-order chi connectivity index (χ0) is 8.55. The molecule has 1 aromatic rings. The van der Waals surface area contributed by atoms with Gasteiger partial charge in [-0.25, -0.2) is 4.84 Å². The lowest BCUT2D eigenvalue weighted by Crippen LogP contribution is -2.07. The average molecular weight is 182 g/mol. The topological polar surface area (TPSA) is 29.1 Å². The molecule has 1 atom stereocenters. The van der Waals surface area contributed by atoms with Gasteiger partial charge in [0.05, 0.1) is 6.04 Å². The highest BCUT2D eigenvalue weighted by Gasteiger charge is 2.27. The van der Waals surface area contributed by atoms with Crippen molar-refractivity contribution in [1.82, 2.24) is 4.84 Å². The normalized spacial score (nSPS) is 21.1. The SMILES string of the molecule is O=C1CC(NCl)c2ccccc21. The van der Waals surface area contributed by atoms with Gasteiger partial charge in [-0.1, -0.05) is 24.3 Å². The number of hydrogen-bond acceptors (Lipinski definition) is 2. The van der Waals surface area contributed by atoms with Gasteiger partial charge < -0.3 is 0 Å². The van der Waals surface area contributed by atoms with Crippen LogP contribution < -0.4 is 4.84 Å². The maximum absolute atomic E-state index is 11.3. The Hall–Kier alpha value is -0.860. The summed E-state index contributed by atoms with van der Waals surface area (Å²) in [7, 11) is 0. The third-order valence-electron chi connectivity index (χ3n) is 2.16. The van der Waals surface area contributed by atoms with E-state index in [1.54, 1.807) is 0 Å². The van der Waals surface area contributed by atoms with Gasteiger partial charge in [-0.15, -0.1) is 0 Å². The molecule has 62 valence electrons. The van der Waals surface area contributed by atoms with Gasteiger partial charge >= 0.3 is 0 Å². The number of fused-ring (bicyclic) bond motifs is 1. The van der Waals surface area contributed by atoms with Crippen LogP contribution >= 0.6 is 11.8 Å². The Morgan fingerprint density at radius 2 is 2.17 bits per heavy atom. The summed E-state index contributed by atoms with van der Waals surface area (Å²) < 4.78 is 0. The fraction of sp³-hybridized carbons (Fsp3) is 0.222. The summed E-state index contributed by atoms with van der Waals surface area (Å²) in [5, 5.41) is 0. The Morgan fingerprint density at radius 1 is 1.42 bits per heavy atom. The number of rotatable bonds is 1. The number of benzene rings is 1. The van der Waals surface area contributed by atoms with Crippen molar-refractivity contribution in [3.63, 3.8) is 0 Å². The molecule has 0 heterocycles. The van der Waals surface area contributed by atoms with E-state index in [0.29, 0.717) is 6.42 Å². The van der Waals surface area contributed by atoms with Crippen LogP contribution in [0.1, 0.15) is 28.4 Å². The molecule has 0 radical (unpaired) electrons. The van der Waals surface area contributed by atoms with Crippen molar-refractivity contribution in [3.8, 4) is 0 Å². The molecule has 0 fully saturated rings. The second-order valence-electron chi connectivity index (χ2n) is 2.88. The third-order valence-corrected chi connectivity index (χ3v) is 2.42. The predicted molar refractivity (Wildman–Crippen MR) is 47.1 cm³/mol. The minimum atomic E-state index is -0.00429. The van der Waals surface area contributed by atoms with Crippen molar-refractivity contribution in [3.05, 3.63) is 35.4 Å². The number of carbonyl (C=O) groups excluding carboxylic acids is 1. The Kier molecular flexibility index (Phi) is 1.87.